The van der Waals surface area contributed by atoms with Gasteiger partial charge in [0, 0.05) is 11.5 Å². The number of ether oxygens (including phenoxy) is 2. The number of esters is 1. The van der Waals surface area contributed by atoms with Crippen LogP contribution in [0.5, 0.6) is 0 Å². The second kappa shape index (κ2) is 8.85. The van der Waals surface area contributed by atoms with Crippen molar-refractivity contribution in [3.05, 3.63) is 12.7 Å². The molecule has 0 heterocycles. The molecule has 0 aliphatic rings. The highest BCUT2D eigenvalue weighted by molar-refractivity contribution is 7.99. The van der Waals surface area contributed by atoms with Crippen LogP contribution in [0.4, 0.5) is 4.79 Å². The number of carbonyl (C=O) groups is 2. The normalized spacial score (nSPS) is 12.4. The van der Waals surface area contributed by atoms with E-state index in [-0.39, 0.29) is 6.61 Å². The van der Waals surface area contributed by atoms with Crippen LogP contribution in [0.3, 0.4) is 0 Å². The van der Waals surface area contributed by atoms with Crippen molar-refractivity contribution in [3.8, 4) is 0 Å². The molecule has 0 fully saturated rings. The number of hydrogen-bond donors (Lipinski definition) is 1. The maximum absolute atomic E-state index is 11.7. The molecule has 1 N–H and O–H groups in total. The zero-order valence-electron chi connectivity index (χ0n) is 12.0. The number of amides is 1. The first-order valence-corrected chi connectivity index (χ1v) is 7.30. The highest BCUT2D eigenvalue weighted by Crippen LogP contribution is 2.09. The quantitative estimate of drug-likeness (QED) is 0.443. The topological polar surface area (TPSA) is 64.6 Å². The molecular formula is C13H23NO4S. The molecule has 0 spiro atoms. The summed E-state index contributed by atoms with van der Waals surface area (Å²) in [5.74, 6) is 0.667. The summed E-state index contributed by atoms with van der Waals surface area (Å²) >= 11 is 1.49. The van der Waals surface area contributed by atoms with E-state index in [1.165, 1.54) is 11.8 Å². The van der Waals surface area contributed by atoms with Crippen molar-refractivity contribution in [1.82, 2.24) is 5.32 Å². The molecule has 110 valence electrons. The summed E-state index contributed by atoms with van der Waals surface area (Å²) in [6.07, 6.45) is 1.12. The van der Waals surface area contributed by atoms with Crippen molar-refractivity contribution in [2.75, 3.05) is 18.1 Å². The van der Waals surface area contributed by atoms with Gasteiger partial charge < -0.3 is 14.8 Å². The van der Waals surface area contributed by atoms with E-state index in [1.807, 2.05) is 0 Å². The molecular weight excluding hydrogens is 266 g/mol. The number of rotatable bonds is 7. The van der Waals surface area contributed by atoms with E-state index in [0.717, 1.165) is 0 Å². The molecule has 1 amide bonds. The third-order valence-corrected chi connectivity index (χ3v) is 2.82. The fraction of sp³-hybridized carbons (Fsp3) is 0.692. The van der Waals surface area contributed by atoms with Crippen molar-refractivity contribution < 1.29 is 19.1 Å². The second-order valence-electron chi connectivity index (χ2n) is 4.78. The molecule has 5 nitrogen and oxygen atoms in total. The first kappa shape index (κ1) is 17.8. The monoisotopic (exact) mass is 289 g/mol. The van der Waals surface area contributed by atoms with Crippen LogP contribution in [-0.2, 0) is 14.3 Å². The van der Waals surface area contributed by atoms with Crippen LogP contribution >= 0.6 is 11.8 Å². The predicted octanol–water partition coefficient (Wildman–Crippen LogP) is 2.36. The first-order chi connectivity index (χ1) is 8.80. The molecule has 19 heavy (non-hydrogen) atoms. The van der Waals surface area contributed by atoms with Crippen LogP contribution in [0, 0.1) is 0 Å². The first-order valence-electron chi connectivity index (χ1n) is 6.15. The fourth-order valence-corrected chi connectivity index (χ4v) is 1.89. The number of alkyl carbamates (subject to hydrolysis) is 1. The molecule has 0 aliphatic heterocycles. The zero-order valence-corrected chi connectivity index (χ0v) is 12.8. The highest BCUT2D eigenvalue weighted by atomic mass is 32.2. The molecule has 6 heteroatoms. The lowest BCUT2D eigenvalue weighted by atomic mass is 10.2. The molecule has 0 saturated carbocycles. The third-order valence-electron chi connectivity index (χ3n) is 1.78. The van der Waals surface area contributed by atoms with Crippen molar-refractivity contribution in [3.63, 3.8) is 0 Å². The van der Waals surface area contributed by atoms with Gasteiger partial charge >= 0.3 is 12.1 Å². The Labute approximate surface area is 119 Å². The largest absolute Gasteiger partial charge is 0.464 e. The van der Waals surface area contributed by atoms with Gasteiger partial charge in [0.25, 0.3) is 0 Å². The lowest BCUT2D eigenvalue weighted by Crippen LogP contribution is -2.45. The fourth-order valence-electron chi connectivity index (χ4n) is 1.13. The van der Waals surface area contributed by atoms with Gasteiger partial charge in [-0.3, -0.25) is 0 Å². The summed E-state index contributed by atoms with van der Waals surface area (Å²) in [4.78, 5) is 23.3. The standard InChI is InChI=1S/C13H23NO4S/c1-6-8-19-9-10(11(15)17-7-2)14-12(16)18-13(3,4)5/h6,10H,1,7-9H2,2-5H3,(H,14,16). The molecule has 0 aliphatic carbocycles. The van der Waals surface area contributed by atoms with E-state index in [0.29, 0.717) is 11.5 Å². The Kier molecular flexibility index (Phi) is 8.30. The molecule has 0 aromatic heterocycles. The molecule has 0 rings (SSSR count). The van der Waals surface area contributed by atoms with E-state index >= 15 is 0 Å². The van der Waals surface area contributed by atoms with Crippen LogP contribution < -0.4 is 5.32 Å². The number of hydrogen-bond acceptors (Lipinski definition) is 5. The van der Waals surface area contributed by atoms with Crippen LogP contribution in [0.2, 0.25) is 0 Å². The van der Waals surface area contributed by atoms with Gasteiger partial charge in [-0.2, -0.15) is 11.8 Å². The molecule has 0 saturated heterocycles. The number of nitrogens with one attached hydrogen (secondary N) is 1. The molecule has 0 radical (unpaired) electrons. The summed E-state index contributed by atoms with van der Waals surface area (Å²) in [5, 5.41) is 2.53. The molecule has 0 bridgehead atoms. The minimum atomic E-state index is -0.709. The van der Waals surface area contributed by atoms with E-state index < -0.39 is 23.7 Å². The summed E-state index contributed by atoms with van der Waals surface area (Å²) < 4.78 is 10.0. The Hall–Kier alpha value is -1.17. The number of carbonyl (C=O) groups excluding carboxylic acids is 2. The molecule has 0 aromatic carbocycles. The molecule has 1 unspecified atom stereocenters. The van der Waals surface area contributed by atoms with E-state index in [2.05, 4.69) is 11.9 Å². The maximum atomic E-state index is 11.7. The zero-order chi connectivity index (χ0) is 14.9. The smallest absolute Gasteiger partial charge is 0.408 e. The van der Waals surface area contributed by atoms with Gasteiger partial charge in [-0.05, 0) is 27.7 Å². The van der Waals surface area contributed by atoms with Gasteiger partial charge in [0.1, 0.15) is 11.6 Å². The van der Waals surface area contributed by atoms with Crippen molar-refractivity contribution in [2.24, 2.45) is 0 Å². The Morgan fingerprint density at radius 1 is 1.42 bits per heavy atom. The number of thioether (sulfide) groups is 1. The Balaban J connectivity index is 4.43. The minimum absolute atomic E-state index is 0.275. The summed E-state index contributed by atoms with van der Waals surface area (Å²) in [6, 6.07) is -0.709. The van der Waals surface area contributed by atoms with Gasteiger partial charge in [-0.25, -0.2) is 9.59 Å². The van der Waals surface area contributed by atoms with Gasteiger partial charge in [-0.15, -0.1) is 6.58 Å². The minimum Gasteiger partial charge on any atom is -0.464 e. The van der Waals surface area contributed by atoms with Crippen LogP contribution in [0.1, 0.15) is 27.7 Å². The molecule has 0 aromatic rings. The summed E-state index contributed by atoms with van der Waals surface area (Å²) in [7, 11) is 0. The Bertz CT molecular complexity index is 312. The Morgan fingerprint density at radius 3 is 2.53 bits per heavy atom. The van der Waals surface area contributed by atoms with E-state index in [1.54, 1.807) is 33.8 Å². The van der Waals surface area contributed by atoms with Crippen LogP contribution in [0.25, 0.3) is 0 Å². The SMILES string of the molecule is C=CCSCC(NC(=O)OC(C)(C)C)C(=O)OCC. The van der Waals surface area contributed by atoms with Gasteiger partial charge in [0.05, 0.1) is 6.61 Å². The van der Waals surface area contributed by atoms with Crippen LogP contribution in [-0.4, -0.2) is 41.8 Å². The molecule has 1 atom stereocenters. The summed E-state index contributed by atoms with van der Waals surface area (Å²) in [5.41, 5.74) is -0.600. The lowest BCUT2D eigenvalue weighted by molar-refractivity contribution is -0.145. The van der Waals surface area contributed by atoms with Crippen molar-refractivity contribution >= 4 is 23.8 Å². The van der Waals surface area contributed by atoms with Crippen LogP contribution in [0.15, 0.2) is 12.7 Å². The average molecular weight is 289 g/mol. The van der Waals surface area contributed by atoms with Gasteiger partial charge in [0.2, 0.25) is 0 Å². The third kappa shape index (κ3) is 9.41. The van der Waals surface area contributed by atoms with Gasteiger partial charge in [0.15, 0.2) is 0 Å². The summed E-state index contributed by atoms with van der Waals surface area (Å²) in [6.45, 7) is 10.9. The van der Waals surface area contributed by atoms with E-state index in [9.17, 15) is 9.59 Å². The predicted molar refractivity (Wildman–Crippen MR) is 77.3 cm³/mol. The lowest BCUT2D eigenvalue weighted by Gasteiger charge is -2.22. The van der Waals surface area contributed by atoms with Crippen molar-refractivity contribution in [1.29, 1.82) is 0 Å². The Morgan fingerprint density at radius 2 is 2.05 bits per heavy atom. The second-order valence-corrected chi connectivity index (χ2v) is 5.85. The average Bonchev–Trinajstić information content (AvgIpc) is 2.25. The van der Waals surface area contributed by atoms with Gasteiger partial charge in [-0.1, -0.05) is 6.08 Å². The van der Waals surface area contributed by atoms with E-state index in [4.69, 9.17) is 9.47 Å². The van der Waals surface area contributed by atoms with Crippen molar-refractivity contribution in [2.45, 2.75) is 39.3 Å². The highest BCUT2D eigenvalue weighted by Gasteiger charge is 2.25. The maximum Gasteiger partial charge on any atom is 0.408 e.